The Balaban J connectivity index is 1.90. The molecular weight excluding hydrogens is 214 g/mol. The Labute approximate surface area is 102 Å². The van der Waals surface area contributed by atoms with Crippen molar-refractivity contribution < 1.29 is 9.47 Å². The fourth-order valence-electron chi connectivity index (χ4n) is 2.23. The van der Waals surface area contributed by atoms with Crippen molar-refractivity contribution in [3.63, 3.8) is 0 Å². The lowest BCUT2D eigenvalue weighted by Gasteiger charge is -2.16. The maximum Gasteiger partial charge on any atom is 0.161 e. The van der Waals surface area contributed by atoms with Gasteiger partial charge < -0.3 is 15.2 Å². The first-order valence-electron chi connectivity index (χ1n) is 6.33. The second kappa shape index (κ2) is 3.91. The van der Waals surface area contributed by atoms with Gasteiger partial charge in [-0.1, -0.05) is 6.07 Å². The Morgan fingerprint density at radius 1 is 1.29 bits per heavy atom. The average molecular weight is 233 g/mol. The zero-order valence-corrected chi connectivity index (χ0v) is 10.2. The molecule has 17 heavy (non-hydrogen) atoms. The van der Waals surface area contributed by atoms with Gasteiger partial charge in [-0.15, -0.1) is 0 Å². The Kier molecular flexibility index (Phi) is 2.51. The first-order valence-corrected chi connectivity index (χ1v) is 6.33. The molecule has 1 aromatic rings. The summed E-state index contributed by atoms with van der Waals surface area (Å²) >= 11 is 0. The van der Waals surface area contributed by atoms with E-state index in [1.165, 1.54) is 18.4 Å². The van der Waals surface area contributed by atoms with Crippen molar-refractivity contribution in [2.75, 3.05) is 13.7 Å². The maximum absolute atomic E-state index is 5.89. The number of hydrogen-bond donors (Lipinski definition) is 1. The van der Waals surface area contributed by atoms with E-state index in [4.69, 9.17) is 15.2 Å². The van der Waals surface area contributed by atoms with Gasteiger partial charge in [-0.3, -0.25) is 0 Å². The van der Waals surface area contributed by atoms with E-state index in [1.54, 1.807) is 7.11 Å². The Hall–Kier alpha value is -1.22. The molecule has 3 heteroatoms. The Bertz CT molecular complexity index is 422. The van der Waals surface area contributed by atoms with Crippen LogP contribution in [0.25, 0.3) is 0 Å². The molecule has 0 unspecified atom stereocenters. The predicted molar refractivity (Wildman–Crippen MR) is 66.6 cm³/mol. The number of nitrogens with two attached hydrogens (primary N) is 1. The van der Waals surface area contributed by atoms with Gasteiger partial charge in [0.2, 0.25) is 0 Å². The van der Waals surface area contributed by atoms with E-state index in [-0.39, 0.29) is 5.41 Å². The number of benzene rings is 1. The fraction of sp³-hybridized carbons (Fsp3) is 0.571. The van der Waals surface area contributed by atoms with Gasteiger partial charge in [-0.2, -0.15) is 0 Å². The minimum absolute atomic E-state index is 0.216. The van der Waals surface area contributed by atoms with E-state index >= 15 is 0 Å². The van der Waals surface area contributed by atoms with Crippen LogP contribution in [0.2, 0.25) is 0 Å². The molecule has 0 aliphatic heterocycles. The minimum Gasteiger partial charge on any atom is -0.493 e. The lowest BCUT2D eigenvalue weighted by Crippen LogP contribution is -2.19. The Morgan fingerprint density at radius 3 is 2.59 bits per heavy atom. The third-order valence-corrected chi connectivity index (χ3v) is 3.84. The molecule has 92 valence electrons. The molecule has 2 N–H and O–H groups in total. The molecule has 2 aliphatic carbocycles. The molecule has 1 aromatic carbocycles. The zero-order valence-electron chi connectivity index (χ0n) is 10.2. The van der Waals surface area contributed by atoms with E-state index < -0.39 is 0 Å². The molecule has 0 atom stereocenters. The normalized spacial score (nSPS) is 21.1. The van der Waals surface area contributed by atoms with Crippen LogP contribution in [0.1, 0.15) is 31.2 Å². The molecule has 0 bridgehead atoms. The van der Waals surface area contributed by atoms with Crippen molar-refractivity contribution >= 4 is 0 Å². The van der Waals surface area contributed by atoms with Crippen LogP contribution >= 0.6 is 0 Å². The summed E-state index contributed by atoms with van der Waals surface area (Å²) < 4.78 is 11.2. The molecule has 0 amide bonds. The van der Waals surface area contributed by atoms with Crippen molar-refractivity contribution in [3.8, 4) is 11.5 Å². The van der Waals surface area contributed by atoms with Crippen molar-refractivity contribution in [1.82, 2.24) is 0 Å². The molecule has 2 aliphatic rings. The summed E-state index contributed by atoms with van der Waals surface area (Å²) in [5.74, 6) is 1.71. The van der Waals surface area contributed by atoms with E-state index in [0.29, 0.717) is 6.10 Å². The van der Waals surface area contributed by atoms with Crippen LogP contribution < -0.4 is 15.2 Å². The first kappa shape index (κ1) is 10.9. The fourth-order valence-corrected chi connectivity index (χ4v) is 2.23. The molecule has 0 spiro atoms. The number of hydrogen-bond acceptors (Lipinski definition) is 3. The van der Waals surface area contributed by atoms with Gasteiger partial charge in [-0.05, 0) is 43.4 Å². The van der Waals surface area contributed by atoms with E-state index in [0.717, 1.165) is 30.9 Å². The third kappa shape index (κ3) is 2.00. The van der Waals surface area contributed by atoms with Crippen molar-refractivity contribution in [3.05, 3.63) is 23.8 Å². The highest BCUT2D eigenvalue weighted by Gasteiger charge is 2.43. The quantitative estimate of drug-likeness (QED) is 0.848. The van der Waals surface area contributed by atoms with Crippen molar-refractivity contribution in [1.29, 1.82) is 0 Å². The highest BCUT2D eigenvalue weighted by molar-refractivity contribution is 5.47. The van der Waals surface area contributed by atoms with Crippen LogP contribution in [-0.2, 0) is 5.41 Å². The molecule has 3 rings (SSSR count). The van der Waals surface area contributed by atoms with E-state index in [9.17, 15) is 0 Å². The summed E-state index contributed by atoms with van der Waals surface area (Å²) in [7, 11) is 1.69. The summed E-state index contributed by atoms with van der Waals surface area (Å²) in [5.41, 5.74) is 7.38. The van der Waals surface area contributed by atoms with Gasteiger partial charge >= 0.3 is 0 Å². The molecule has 0 aromatic heterocycles. The third-order valence-electron chi connectivity index (χ3n) is 3.84. The lowest BCUT2D eigenvalue weighted by atomic mass is 9.96. The zero-order chi connectivity index (χ0) is 11.9. The average Bonchev–Trinajstić information content (AvgIpc) is 3.24. The lowest BCUT2D eigenvalue weighted by molar-refractivity contribution is 0.281. The van der Waals surface area contributed by atoms with Crippen molar-refractivity contribution in [2.24, 2.45) is 5.73 Å². The van der Waals surface area contributed by atoms with Crippen LogP contribution in [0.4, 0.5) is 0 Å². The van der Waals surface area contributed by atoms with Crippen molar-refractivity contribution in [2.45, 2.75) is 37.2 Å². The molecular formula is C14H19NO2. The van der Waals surface area contributed by atoms with E-state index in [2.05, 4.69) is 12.1 Å². The minimum atomic E-state index is 0.216. The Morgan fingerprint density at radius 2 is 2.06 bits per heavy atom. The smallest absolute Gasteiger partial charge is 0.161 e. The van der Waals surface area contributed by atoms with Gasteiger partial charge in [0, 0.05) is 12.0 Å². The van der Waals surface area contributed by atoms with Gasteiger partial charge in [0.1, 0.15) is 0 Å². The number of methoxy groups -OCH3 is 1. The summed E-state index contributed by atoms with van der Waals surface area (Å²) in [5, 5.41) is 0. The van der Waals surface area contributed by atoms with E-state index in [1.807, 2.05) is 6.07 Å². The summed E-state index contributed by atoms with van der Waals surface area (Å²) in [6.45, 7) is 0.724. The summed E-state index contributed by atoms with van der Waals surface area (Å²) in [6.07, 6.45) is 5.11. The molecule has 2 fully saturated rings. The molecule has 2 saturated carbocycles. The predicted octanol–water partition coefficient (Wildman–Crippen LogP) is 2.23. The second-order valence-corrected chi connectivity index (χ2v) is 5.17. The summed E-state index contributed by atoms with van der Waals surface area (Å²) in [4.78, 5) is 0. The molecule has 0 saturated heterocycles. The number of ether oxygens (including phenoxy) is 2. The van der Waals surface area contributed by atoms with Gasteiger partial charge in [-0.25, -0.2) is 0 Å². The first-order chi connectivity index (χ1) is 8.27. The summed E-state index contributed by atoms with van der Waals surface area (Å²) in [6, 6.07) is 6.25. The monoisotopic (exact) mass is 233 g/mol. The van der Waals surface area contributed by atoms with Crippen LogP contribution in [0.5, 0.6) is 11.5 Å². The van der Waals surface area contributed by atoms with Gasteiger partial charge in [0.15, 0.2) is 11.5 Å². The molecule has 3 nitrogen and oxygen atoms in total. The van der Waals surface area contributed by atoms with Crippen LogP contribution in [0.15, 0.2) is 18.2 Å². The number of rotatable bonds is 5. The topological polar surface area (TPSA) is 44.5 Å². The highest BCUT2D eigenvalue weighted by Crippen LogP contribution is 2.49. The van der Waals surface area contributed by atoms with Crippen LogP contribution in [0.3, 0.4) is 0 Å². The highest BCUT2D eigenvalue weighted by atomic mass is 16.5. The van der Waals surface area contributed by atoms with Crippen LogP contribution in [-0.4, -0.2) is 19.8 Å². The molecule has 0 radical (unpaired) electrons. The van der Waals surface area contributed by atoms with Gasteiger partial charge in [0.25, 0.3) is 0 Å². The largest absolute Gasteiger partial charge is 0.493 e. The SMILES string of the molecule is COc1ccc(C2(CN)CC2)cc1OC1CC1. The second-order valence-electron chi connectivity index (χ2n) is 5.17. The molecule has 0 heterocycles. The maximum atomic E-state index is 5.89. The van der Waals surface area contributed by atoms with Gasteiger partial charge in [0.05, 0.1) is 13.2 Å². The van der Waals surface area contributed by atoms with Crippen LogP contribution in [0, 0.1) is 0 Å². The standard InChI is InChI=1S/C14H19NO2/c1-16-12-5-2-10(14(9-15)6-7-14)8-13(12)17-11-3-4-11/h2,5,8,11H,3-4,6-7,9,15H2,1H3.